The third-order valence-corrected chi connectivity index (χ3v) is 4.02. The fourth-order valence-electron chi connectivity index (χ4n) is 2.25. The van der Waals surface area contributed by atoms with E-state index in [1.807, 2.05) is 24.3 Å². The molecule has 3 rings (SSSR count). The van der Waals surface area contributed by atoms with Crippen LogP contribution in [0.5, 0.6) is 5.75 Å². The lowest BCUT2D eigenvalue weighted by molar-refractivity contribution is 0.0923. The minimum absolute atomic E-state index is 0.0108. The van der Waals surface area contributed by atoms with Crippen LogP contribution in [0.2, 0.25) is 0 Å². The molecule has 0 saturated carbocycles. The number of nitrogens with one attached hydrogen (secondary N) is 1. The van der Waals surface area contributed by atoms with Crippen LogP contribution in [-0.2, 0) is 6.54 Å². The summed E-state index contributed by atoms with van der Waals surface area (Å²) >= 11 is 3.31. The van der Waals surface area contributed by atoms with E-state index in [0.29, 0.717) is 17.5 Å². The SMILES string of the molecule is COc1ccc(CNC(=O)c2cc(=O)c3cc(Br)ccc3o2)cc1. The monoisotopic (exact) mass is 387 g/mol. The van der Waals surface area contributed by atoms with E-state index in [2.05, 4.69) is 21.2 Å². The molecule has 1 aromatic heterocycles. The number of rotatable bonds is 4. The van der Waals surface area contributed by atoms with Gasteiger partial charge in [0.05, 0.1) is 12.5 Å². The zero-order chi connectivity index (χ0) is 17.1. The van der Waals surface area contributed by atoms with E-state index in [1.54, 1.807) is 25.3 Å². The molecule has 6 heteroatoms. The van der Waals surface area contributed by atoms with E-state index in [1.165, 1.54) is 6.07 Å². The summed E-state index contributed by atoms with van der Waals surface area (Å²) in [6.07, 6.45) is 0. The molecule has 0 spiro atoms. The smallest absolute Gasteiger partial charge is 0.287 e. The van der Waals surface area contributed by atoms with Crippen molar-refractivity contribution >= 4 is 32.8 Å². The van der Waals surface area contributed by atoms with E-state index in [-0.39, 0.29) is 11.2 Å². The number of carbonyl (C=O) groups is 1. The maximum absolute atomic E-state index is 12.2. The maximum Gasteiger partial charge on any atom is 0.287 e. The highest BCUT2D eigenvalue weighted by molar-refractivity contribution is 9.10. The van der Waals surface area contributed by atoms with Gasteiger partial charge in [0.2, 0.25) is 0 Å². The molecule has 1 amide bonds. The van der Waals surface area contributed by atoms with Crippen LogP contribution in [0.15, 0.2) is 62.2 Å². The lowest BCUT2D eigenvalue weighted by Gasteiger charge is -2.06. The van der Waals surface area contributed by atoms with Crippen LogP contribution in [0.1, 0.15) is 16.1 Å². The highest BCUT2D eigenvalue weighted by Gasteiger charge is 2.12. The van der Waals surface area contributed by atoms with Crippen molar-refractivity contribution in [1.82, 2.24) is 5.32 Å². The zero-order valence-corrected chi connectivity index (χ0v) is 14.4. The van der Waals surface area contributed by atoms with Crippen LogP contribution >= 0.6 is 15.9 Å². The van der Waals surface area contributed by atoms with Crippen molar-refractivity contribution < 1.29 is 13.9 Å². The van der Waals surface area contributed by atoms with Gasteiger partial charge in [-0.2, -0.15) is 0 Å². The summed E-state index contributed by atoms with van der Waals surface area (Å²) in [5.41, 5.74) is 1.03. The number of hydrogen-bond acceptors (Lipinski definition) is 4. The Bertz CT molecular complexity index is 947. The molecule has 5 nitrogen and oxygen atoms in total. The summed E-state index contributed by atoms with van der Waals surface area (Å²) in [5.74, 6) is 0.299. The van der Waals surface area contributed by atoms with Gasteiger partial charge in [0.15, 0.2) is 11.2 Å². The Labute approximate surface area is 146 Å². The number of benzene rings is 2. The third kappa shape index (κ3) is 3.49. The van der Waals surface area contributed by atoms with E-state index in [0.717, 1.165) is 15.8 Å². The average Bonchev–Trinajstić information content (AvgIpc) is 2.60. The van der Waals surface area contributed by atoms with Gasteiger partial charge < -0.3 is 14.5 Å². The third-order valence-electron chi connectivity index (χ3n) is 3.53. The van der Waals surface area contributed by atoms with Gasteiger partial charge in [-0.05, 0) is 35.9 Å². The second-order valence-electron chi connectivity index (χ2n) is 5.15. The van der Waals surface area contributed by atoms with Gasteiger partial charge in [-0.3, -0.25) is 9.59 Å². The molecule has 24 heavy (non-hydrogen) atoms. The predicted octanol–water partition coefficient (Wildman–Crippen LogP) is 3.49. The quantitative estimate of drug-likeness (QED) is 0.743. The lowest BCUT2D eigenvalue weighted by Crippen LogP contribution is -2.24. The Hall–Kier alpha value is -2.60. The minimum Gasteiger partial charge on any atom is -0.497 e. The highest BCUT2D eigenvalue weighted by Crippen LogP contribution is 2.18. The van der Waals surface area contributed by atoms with Gasteiger partial charge >= 0.3 is 0 Å². The molecule has 122 valence electrons. The number of amides is 1. The number of fused-ring (bicyclic) bond motifs is 1. The zero-order valence-electron chi connectivity index (χ0n) is 12.8. The fourth-order valence-corrected chi connectivity index (χ4v) is 2.61. The average molecular weight is 388 g/mol. The summed E-state index contributed by atoms with van der Waals surface area (Å²) < 4.78 is 11.4. The highest BCUT2D eigenvalue weighted by atomic mass is 79.9. The Morgan fingerprint density at radius 3 is 2.62 bits per heavy atom. The van der Waals surface area contributed by atoms with Gasteiger partial charge in [-0.15, -0.1) is 0 Å². The Kier molecular flexibility index (Phi) is 4.66. The standard InChI is InChI=1S/C18H14BrNO4/c1-23-13-5-2-11(3-6-13)10-20-18(22)17-9-15(21)14-8-12(19)4-7-16(14)24-17/h2-9H,10H2,1H3,(H,20,22). The largest absolute Gasteiger partial charge is 0.497 e. The van der Waals surface area contributed by atoms with E-state index in [9.17, 15) is 9.59 Å². The number of methoxy groups -OCH3 is 1. The number of halogens is 1. The topological polar surface area (TPSA) is 68.5 Å². The first-order valence-corrected chi connectivity index (χ1v) is 8.00. The molecule has 0 aliphatic rings. The predicted molar refractivity (Wildman–Crippen MR) is 94.3 cm³/mol. The molecule has 0 aliphatic carbocycles. The van der Waals surface area contributed by atoms with Crippen molar-refractivity contribution in [3.8, 4) is 5.75 Å². The van der Waals surface area contributed by atoms with Gasteiger partial charge in [0.1, 0.15) is 11.3 Å². The van der Waals surface area contributed by atoms with Gasteiger partial charge in [0, 0.05) is 17.1 Å². The van der Waals surface area contributed by atoms with Crippen molar-refractivity contribution in [3.63, 3.8) is 0 Å². The van der Waals surface area contributed by atoms with Crippen molar-refractivity contribution in [2.75, 3.05) is 7.11 Å². The molecule has 0 aliphatic heterocycles. The minimum atomic E-state index is -0.437. The molecule has 2 aromatic carbocycles. The van der Waals surface area contributed by atoms with Crippen molar-refractivity contribution in [3.05, 3.63) is 74.6 Å². The number of ether oxygens (including phenoxy) is 1. The number of hydrogen-bond donors (Lipinski definition) is 1. The Balaban J connectivity index is 1.78. The molecule has 0 unspecified atom stereocenters. The Morgan fingerprint density at radius 1 is 1.17 bits per heavy atom. The normalized spacial score (nSPS) is 10.6. The van der Waals surface area contributed by atoms with Crippen LogP contribution < -0.4 is 15.5 Å². The van der Waals surface area contributed by atoms with Crippen LogP contribution in [-0.4, -0.2) is 13.0 Å². The number of carbonyl (C=O) groups excluding carboxylic acids is 1. The molecule has 0 atom stereocenters. The van der Waals surface area contributed by atoms with Crippen LogP contribution in [0.3, 0.4) is 0 Å². The second-order valence-corrected chi connectivity index (χ2v) is 6.06. The fraction of sp³-hybridized carbons (Fsp3) is 0.111. The molecule has 3 aromatic rings. The summed E-state index contributed by atoms with van der Waals surface area (Å²) in [6.45, 7) is 0.324. The Morgan fingerprint density at radius 2 is 1.92 bits per heavy atom. The molecule has 0 radical (unpaired) electrons. The second kappa shape index (κ2) is 6.88. The van der Waals surface area contributed by atoms with E-state index < -0.39 is 5.91 Å². The molecule has 1 heterocycles. The van der Waals surface area contributed by atoms with Crippen LogP contribution in [0.25, 0.3) is 11.0 Å². The van der Waals surface area contributed by atoms with Crippen LogP contribution in [0, 0.1) is 0 Å². The first kappa shape index (κ1) is 16.3. The summed E-state index contributed by atoms with van der Waals surface area (Å²) in [5, 5.41) is 3.16. The van der Waals surface area contributed by atoms with Gasteiger partial charge in [-0.1, -0.05) is 28.1 Å². The van der Waals surface area contributed by atoms with Crippen molar-refractivity contribution in [2.24, 2.45) is 0 Å². The first-order chi connectivity index (χ1) is 11.6. The van der Waals surface area contributed by atoms with Gasteiger partial charge in [-0.25, -0.2) is 0 Å². The molecule has 0 fully saturated rings. The summed E-state index contributed by atoms with van der Waals surface area (Å²) in [7, 11) is 1.59. The van der Waals surface area contributed by atoms with E-state index in [4.69, 9.17) is 9.15 Å². The van der Waals surface area contributed by atoms with E-state index >= 15 is 0 Å². The molecule has 0 bridgehead atoms. The molecule has 0 saturated heterocycles. The van der Waals surface area contributed by atoms with Crippen molar-refractivity contribution in [2.45, 2.75) is 6.54 Å². The van der Waals surface area contributed by atoms with Gasteiger partial charge in [0.25, 0.3) is 5.91 Å². The first-order valence-electron chi connectivity index (χ1n) is 7.21. The molecular formula is C18H14BrNO4. The maximum atomic E-state index is 12.2. The van der Waals surface area contributed by atoms with Crippen molar-refractivity contribution in [1.29, 1.82) is 0 Å². The van der Waals surface area contributed by atoms with Crippen LogP contribution in [0.4, 0.5) is 0 Å². The summed E-state index contributed by atoms with van der Waals surface area (Å²) in [4.78, 5) is 24.4. The summed E-state index contributed by atoms with van der Waals surface area (Å²) in [6, 6.07) is 13.6. The molecule has 1 N–H and O–H groups in total. The lowest BCUT2D eigenvalue weighted by atomic mass is 10.2. The molecular weight excluding hydrogens is 374 g/mol.